The molecule has 0 radical (unpaired) electrons. The van der Waals surface area contributed by atoms with Gasteiger partial charge in [0, 0.05) is 38.6 Å². The summed E-state index contributed by atoms with van der Waals surface area (Å²) < 4.78 is 0. The molecular weight excluding hydrogens is 226 g/mol. The van der Waals surface area contributed by atoms with Gasteiger partial charge >= 0.3 is 0 Å². The van der Waals surface area contributed by atoms with Gasteiger partial charge in [0.1, 0.15) is 0 Å². The lowest BCUT2D eigenvalue weighted by Crippen LogP contribution is -2.55. The molecule has 1 aromatic carbocycles. The Hall–Kier alpha value is -1.39. The van der Waals surface area contributed by atoms with Crippen LogP contribution in [-0.4, -0.2) is 47.4 Å². The van der Waals surface area contributed by atoms with Gasteiger partial charge in [-0.25, -0.2) is 0 Å². The first-order chi connectivity index (χ1) is 8.74. The van der Waals surface area contributed by atoms with E-state index in [9.17, 15) is 4.79 Å². The van der Waals surface area contributed by atoms with Crippen LogP contribution in [0.5, 0.6) is 0 Å². The molecule has 1 amide bonds. The van der Waals surface area contributed by atoms with E-state index in [-0.39, 0.29) is 18.0 Å². The maximum Gasteiger partial charge on any atom is 0.224 e. The fourth-order valence-corrected chi connectivity index (χ4v) is 2.99. The molecule has 2 fully saturated rings. The number of carbonyl (C=O) groups is 1. The van der Waals surface area contributed by atoms with Crippen molar-refractivity contribution in [3.63, 3.8) is 0 Å². The summed E-state index contributed by atoms with van der Waals surface area (Å²) in [7, 11) is 0. The first kappa shape index (κ1) is 11.7. The van der Waals surface area contributed by atoms with Gasteiger partial charge in [-0.2, -0.15) is 0 Å². The van der Waals surface area contributed by atoms with Crippen molar-refractivity contribution < 1.29 is 4.79 Å². The minimum atomic E-state index is 0.0103. The molecule has 4 nitrogen and oxygen atoms in total. The van der Waals surface area contributed by atoms with Gasteiger partial charge in [-0.05, 0) is 5.56 Å². The van der Waals surface area contributed by atoms with Gasteiger partial charge in [0.15, 0.2) is 0 Å². The number of fused-ring (bicyclic) bond motifs is 1. The van der Waals surface area contributed by atoms with E-state index in [1.807, 2.05) is 11.0 Å². The van der Waals surface area contributed by atoms with Crippen LogP contribution in [0.15, 0.2) is 30.3 Å². The smallest absolute Gasteiger partial charge is 0.224 e. The Balaban J connectivity index is 1.66. The molecule has 0 aliphatic carbocycles. The van der Waals surface area contributed by atoms with Crippen LogP contribution >= 0.6 is 0 Å². The van der Waals surface area contributed by atoms with Crippen LogP contribution in [0.3, 0.4) is 0 Å². The van der Waals surface area contributed by atoms with Gasteiger partial charge in [-0.15, -0.1) is 0 Å². The van der Waals surface area contributed by atoms with E-state index in [1.54, 1.807) is 0 Å². The zero-order valence-electron chi connectivity index (χ0n) is 10.5. The fraction of sp³-hybridized carbons (Fsp3) is 0.500. The summed E-state index contributed by atoms with van der Waals surface area (Å²) in [6.45, 7) is 3.63. The first-order valence-corrected chi connectivity index (χ1v) is 6.55. The molecular formula is C14H19N3O. The number of hydrogen-bond donors (Lipinski definition) is 1. The molecule has 2 N–H and O–H groups in total. The van der Waals surface area contributed by atoms with Gasteiger partial charge in [-0.3, -0.25) is 9.69 Å². The van der Waals surface area contributed by atoms with Crippen molar-refractivity contribution in [2.75, 3.05) is 19.6 Å². The molecule has 2 heterocycles. The van der Waals surface area contributed by atoms with Crippen LogP contribution in [0, 0.1) is 0 Å². The lowest BCUT2D eigenvalue weighted by Gasteiger charge is -2.38. The predicted molar refractivity (Wildman–Crippen MR) is 69.8 cm³/mol. The summed E-state index contributed by atoms with van der Waals surface area (Å²) in [5, 5.41) is 0. The largest absolute Gasteiger partial charge is 0.336 e. The molecule has 2 saturated heterocycles. The van der Waals surface area contributed by atoms with E-state index in [4.69, 9.17) is 5.73 Å². The molecule has 2 aliphatic heterocycles. The Labute approximate surface area is 107 Å². The highest BCUT2D eigenvalue weighted by Gasteiger charge is 2.40. The third kappa shape index (κ3) is 2.13. The molecule has 2 aliphatic rings. The minimum absolute atomic E-state index is 0.0103. The highest BCUT2D eigenvalue weighted by molar-refractivity contribution is 5.80. The molecule has 4 heteroatoms. The molecule has 1 aromatic rings. The molecule has 18 heavy (non-hydrogen) atoms. The lowest BCUT2D eigenvalue weighted by molar-refractivity contribution is -0.130. The maximum atomic E-state index is 11.7. The molecule has 2 unspecified atom stereocenters. The number of amides is 1. The van der Waals surface area contributed by atoms with Crippen LogP contribution in [0.25, 0.3) is 0 Å². The van der Waals surface area contributed by atoms with Gasteiger partial charge in [0.2, 0.25) is 5.91 Å². The molecule has 0 bridgehead atoms. The fourth-order valence-electron chi connectivity index (χ4n) is 2.99. The molecule has 0 aromatic heterocycles. The number of benzene rings is 1. The van der Waals surface area contributed by atoms with Crippen LogP contribution in [0.1, 0.15) is 12.0 Å². The van der Waals surface area contributed by atoms with E-state index in [0.29, 0.717) is 6.42 Å². The molecule has 0 spiro atoms. The monoisotopic (exact) mass is 245 g/mol. The van der Waals surface area contributed by atoms with Crippen LogP contribution < -0.4 is 5.73 Å². The Morgan fingerprint density at radius 3 is 2.78 bits per heavy atom. The van der Waals surface area contributed by atoms with E-state index < -0.39 is 0 Å². The van der Waals surface area contributed by atoms with E-state index in [1.165, 1.54) is 5.56 Å². The number of nitrogens with zero attached hydrogens (tertiary/aromatic N) is 2. The summed E-state index contributed by atoms with van der Waals surface area (Å²) in [5.41, 5.74) is 7.37. The van der Waals surface area contributed by atoms with Crippen molar-refractivity contribution in [3.8, 4) is 0 Å². The minimum Gasteiger partial charge on any atom is -0.336 e. The number of rotatable bonds is 2. The van der Waals surface area contributed by atoms with Gasteiger partial charge in [0.05, 0.1) is 6.04 Å². The molecule has 3 rings (SSSR count). The van der Waals surface area contributed by atoms with Crippen LogP contribution in [0.2, 0.25) is 0 Å². The van der Waals surface area contributed by atoms with E-state index in [2.05, 4.69) is 29.2 Å². The van der Waals surface area contributed by atoms with Crippen molar-refractivity contribution in [2.45, 2.75) is 25.0 Å². The van der Waals surface area contributed by atoms with Crippen molar-refractivity contribution in [1.82, 2.24) is 9.80 Å². The van der Waals surface area contributed by atoms with E-state index in [0.717, 1.165) is 26.2 Å². The van der Waals surface area contributed by atoms with Crippen molar-refractivity contribution in [2.24, 2.45) is 5.73 Å². The second-order valence-electron chi connectivity index (χ2n) is 5.24. The Morgan fingerprint density at radius 2 is 2.00 bits per heavy atom. The highest BCUT2D eigenvalue weighted by atomic mass is 16.2. The predicted octanol–water partition coefficient (Wildman–Crippen LogP) is 0.430. The summed E-state index contributed by atoms with van der Waals surface area (Å²) in [6.07, 6.45) is 0.518. The molecule has 0 saturated carbocycles. The van der Waals surface area contributed by atoms with E-state index >= 15 is 0 Å². The summed E-state index contributed by atoms with van der Waals surface area (Å²) >= 11 is 0. The summed E-state index contributed by atoms with van der Waals surface area (Å²) in [6, 6.07) is 10.7. The average Bonchev–Trinajstić information content (AvgIpc) is 2.66. The maximum absolute atomic E-state index is 11.7. The van der Waals surface area contributed by atoms with Crippen LogP contribution in [-0.2, 0) is 11.3 Å². The van der Waals surface area contributed by atoms with Gasteiger partial charge in [0.25, 0.3) is 0 Å². The number of carbonyl (C=O) groups excluding carboxylic acids is 1. The third-order valence-electron chi connectivity index (χ3n) is 3.98. The normalized spacial score (nSPS) is 28.5. The quantitative estimate of drug-likeness (QED) is 0.822. The van der Waals surface area contributed by atoms with Crippen molar-refractivity contribution in [3.05, 3.63) is 35.9 Å². The second kappa shape index (κ2) is 4.71. The lowest BCUT2D eigenvalue weighted by atomic mass is 10.1. The van der Waals surface area contributed by atoms with Crippen molar-refractivity contribution in [1.29, 1.82) is 0 Å². The SMILES string of the molecule is NC1CC(=O)N2CCN(Cc3ccccc3)CC12. The Bertz CT molecular complexity index is 434. The second-order valence-corrected chi connectivity index (χ2v) is 5.24. The van der Waals surface area contributed by atoms with Gasteiger partial charge < -0.3 is 10.6 Å². The number of nitrogens with two attached hydrogens (primary N) is 1. The average molecular weight is 245 g/mol. The van der Waals surface area contributed by atoms with Gasteiger partial charge in [-0.1, -0.05) is 30.3 Å². The zero-order valence-corrected chi connectivity index (χ0v) is 10.5. The molecule has 96 valence electrons. The standard InChI is InChI=1S/C14H19N3O/c15-12-8-14(18)17-7-6-16(10-13(12)17)9-11-4-2-1-3-5-11/h1-5,12-13H,6-10,15H2. The molecule has 2 atom stereocenters. The zero-order chi connectivity index (χ0) is 12.5. The number of hydrogen-bond acceptors (Lipinski definition) is 3. The Kier molecular flexibility index (Phi) is 3.06. The number of piperazine rings is 1. The van der Waals surface area contributed by atoms with Crippen LogP contribution in [0.4, 0.5) is 0 Å². The summed E-state index contributed by atoms with van der Waals surface area (Å²) in [5.74, 6) is 0.229. The highest BCUT2D eigenvalue weighted by Crippen LogP contribution is 2.23. The third-order valence-corrected chi connectivity index (χ3v) is 3.98. The first-order valence-electron chi connectivity index (χ1n) is 6.55. The Morgan fingerprint density at radius 1 is 1.22 bits per heavy atom. The van der Waals surface area contributed by atoms with Crippen molar-refractivity contribution >= 4 is 5.91 Å². The topological polar surface area (TPSA) is 49.6 Å². The summed E-state index contributed by atoms with van der Waals surface area (Å²) in [4.78, 5) is 16.1.